The third kappa shape index (κ3) is 2.38. The molecular formula is C17H25NO. The largest absolute Gasteiger partial charge is 0.493 e. The number of benzene rings is 1. The monoisotopic (exact) mass is 259 g/mol. The standard InChI is InChI=1S/C17H25NO/c1-17(10-3-2-4-11-17)16(18)14-9-5-7-13-8-6-12-19-15(13)14/h5,7,9,16H,2-4,6,8,10-12,18H2,1H3. The highest BCUT2D eigenvalue weighted by Gasteiger charge is 2.36. The molecule has 0 saturated heterocycles. The molecule has 1 aliphatic carbocycles. The lowest BCUT2D eigenvalue weighted by Gasteiger charge is -2.40. The average molecular weight is 259 g/mol. The van der Waals surface area contributed by atoms with Gasteiger partial charge in [0.2, 0.25) is 0 Å². The molecular weight excluding hydrogens is 234 g/mol. The summed E-state index contributed by atoms with van der Waals surface area (Å²) in [6, 6.07) is 6.62. The van der Waals surface area contributed by atoms with Crippen LogP contribution in [-0.2, 0) is 6.42 Å². The van der Waals surface area contributed by atoms with Gasteiger partial charge in [-0.05, 0) is 36.7 Å². The molecule has 1 atom stereocenters. The van der Waals surface area contributed by atoms with Gasteiger partial charge in [0, 0.05) is 11.6 Å². The SMILES string of the molecule is CC1(C(N)c2cccc3c2OCCC3)CCCCC1. The van der Waals surface area contributed by atoms with Crippen molar-refractivity contribution in [2.24, 2.45) is 11.1 Å². The molecule has 2 nitrogen and oxygen atoms in total. The van der Waals surface area contributed by atoms with Crippen molar-refractivity contribution in [1.82, 2.24) is 0 Å². The maximum absolute atomic E-state index is 6.65. The van der Waals surface area contributed by atoms with Crippen molar-refractivity contribution in [3.63, 3.8) is 0 Å². The second-order valence-electron chi connectivity index (χ2n) is 6.48. The first-order chi connectivity index (χ1) is 9.21. The molecule has 1 unspecified atom stereocenters. The van der Waals surface area contributed by atoms with E-state index in [-0.39, 0.29) is 11.5 Å². The first-order valence-corrected chi connectivity index (χ1v) is 7.71. The van der Waals surface area contributed by atoms with Crippen LogP contribution < -0.4 is 10.5 Å². The van der Waals surface area contributed by atoms with Crippen LogP contribution >= 0.6 is 0 Å². The van der Waals surface area contributed by atoms with Gasteiger partial charge in [-0.15, -0.1) is 0 Å². The number of rotatable bonds is 2. The smallest absolute Gasteiger partial charge is 0.127 e. The molecule has 3 rings (SSSR count). The van der Waals surface area contributed by atoms with Crippen LogP contribution in [0.2, 0.25) is 0 Å². The molecule has 0 amide bonds. The lowest BCUT2D eigenvalue weighted by molar-refractivity contribution is 0.165. The molecule has 1 heterocycles. The van der Waals surface area contributed by atoms with Gasteiger partial charge in [-0.3, -0.25) is 0 Å². The van der Waals surface area contributed by atoms with Gasteiger partial charge in [-0.2, -0.15) is 0 Å². The van der Waals surface area contributed by atoms with Crippen molar-refractivity contribution in [3.8, 4) is 5.75 Å². The first-order valence-electron chi connectivity index (χ1n) is 7.71. The summed E-state index contributed by atoms with van der Waals surface area (Å²) in [4.78, 5) is 0. The lowest BCUT2D eigenvalue weighted by Crippen LogP contribution is -2.34. The number of hydrogen-bond acceptors (Lipinski definition) is 2. The Morgan fingerprint density at radius 1 is 1.16 bits per heavy atom. The normalized spacial score (nSPS) is 23.3. The summed E-state index contributed by atoms with van der Waals surface area (Å²) in [5.74, 6) is 1.09. The summed E-state index contributed by atoms with van der Waals surface area (Å²) in [6.07, 6.45) is 8.76. The fourth-order valence-corrected chi connectivity index (χ4v) is 3.71. The van der Waals surface area contributed by atoms with Gasteiger partial charge in [0.1, 0.15) is 5.75 Å². The maximum Gasteiger partial charge on any atom is 0.127 e. The molecule has 0 aromatic heterocycles. The minimum Gasteiger partial charge on any atom is -0.493 e. The molecule has 2 heteroatoms. The van der Waals surface area contributed by atoms with Crippen LogP contribution in [0.5, 0.6) is 5.75 Å². The Morgan fingerprint density at radius 2 is 1.95 bits per heavy atom. The maximum atomic E-state index is 6.65. The Bertz CT molecular complexity index is 449. The molecule has 0 spiro atoms. The minimum absolute atomic E-state index is 0.112. The van der Waals surface area contributed by atoms with Gasteiger partial charge in [0.05, 0.1) is 6.61 Å². The van der Waals surface area contributed by atoms with E-state index in [1.165, 1.54) is 43.2 Å². The highest BCUT2D eigenvalue weighted by molar-refractivity contribution is 5.45. The Kier molecular flexibility index (Phi) is 3.53. The zero-order valence-electron chi connectivity index (χ0n) is 12.0. The third-order valence-corrected chi connectivity index (χ3v) is 5.05. The number of fused-ring (bicyclic) bond motifs is 1. The highest BCUT2D eigenvalue weighted by Crippen LogP contribution is 2.47. The Balaban J connectivity index is 1.93. The summed E-state index contributed by atoms with van der Waals surface area (Å²) < 4.78 is 5.93. The van der Waals surface area contributed by atoms with Gasteiger partial charge in [-0.25, -0.2) is 0 Å². The average Bonchev–Trinajstić information content (AvgIpc) is 2.47. The predicted octanol–water partition coefficient (Wildman–Crippen LogP) is 3.98. The van der Waals surface area contributed by atoms with E-state index in [0.717, 1.165) is 25.2 Å². The highest BCUT2D eigenvalue weighted by atomic mass is 16.5. The lowest BCUT2D eigenvalue weighted by atomic mass is 9.68. The second kappa shape index (κ2) is 5.16. The number of hydrogen-bond donors (Lipinski definition) is 1. The molecule has 1 saturated carbocycles. The van der Waals surface area contributed by atoms with Crippen LogP contribution in [0.15, 0.2) is 18.2 Å². The van der Waals surface area contributed by atoms with Crippen molar-refractivity contribution in [3.05, 3.63) is 29.3 Å². The van der Waals surface area contributed by atoms with Gasteiger partial charge in [-0.1, -0.05) is 44.4 Å². The van der Waals surface area contributed by atoms with E-state index in [9.17, 15) is 0 Å². The molecule has 2 aliphatic rings. The van der Waals surface area contributed by atoms with Gasteiger partial charge in [0.25, 0.3) is 0 Å². The van der Waals surface area contributed by atoms with Crippen molar-refractivity contribution in [1.29, 1.82) is 0 Å². The van der Waals surface area contributed by atoms with E-state index in [4.69, 9.17) is 10.5 Å². The molecule has 0 radical (unpaired) electrons. The van der Waals surface area contributed by atoms with Crippen LogP contribution in [0.3, 0.4) is 0 Å². The molecule has 1 fully saturated rings. The summed E-state index contributed by atoms with van der Waals surface area (Å²) >= 11 is 0. The van der Waals surface area contributed by atoms with E-state index < -0.39 is 0 Å². The van der Waals surface area contributed by atoms with Crippen molar-refractivity contribution >= 4 is 0 Å². The van der Waals surface area contributed by atoms with Gasteiger partial charge >= 0.3 is 0 Å². The predicted molar refractivity (Wildman–Crippen MR) is 78.4 cm³/mol. The van der Waals surface area contributed by atoms with Crippen LogP contribution in [-0.4, -0.2) is 6.61 Å². The number of aryl methyl sites for hydroxylation is 1. The molecule has 0 bridgehead atoms. The summed E-state index contributed by atoms with van der Waals surface area (Å²) in [6.45, 7) is 3.20. The van der Waals surface area contributed by atoms with Gasteiger partial charge in [0.15, 0.2) is 0 Å². The zero-order valence-corrected chi connectivity index (χ0v) is 12.0. The van der Waals surface area contributed by atoms with Crippen LogP contribution in [0.25, 0.3) is 0 Å². The second-order valence-corrected chi connectivity index (χ2v) is 6.48. The third-order valence-electron chi connectivity index (χ3n) is 5.05. The molecule has 1 aliphatic heterocycles. The molecule has 2 N–H and O–H groups in total. The van der Waals surface area contributed by atoms with Crippen molar-refractivity contribution in [2.45, 2.75) is 57.9 Å². The number of para-hydroxylation sites is 1. The van der Waals surface area contributed by atoms with Crippen LogP contribution in [0.4, 0.5) is 0 Å². The molecule has 19 heavy (non-hydrogen) atoms. The summed E-state index contributed by atoms with van der Waals surface area (Å²) in [7, 11) is 0. The minimum atomic E-state index is 0.112. The summed E-state index contributed by atoms with van der Waals surface area (Å²) in [5, 5.41) is 0. The van der Waals surface area contributed by atoms with E-state index in [0.29, 0.717) is 0 Å². The zero-order chi connectivity index (χ0) is 13.3. The van der Waals surface area contributed by atoms with E-state index in [2.05, 4.69) is 25.1 Å². The van der Waals surface area contributed by atoms with Gasteiger partial charge < -0.3 is 10.5 Å². The Labute approximate surface area is 116 Å². The topological polar surface area (TPSA) is 35.2 Å². The first kappa shape index (κ1) is 13.0. The number of ether oxygens (including phenoxy) is 1. The molecule has 1 aromatic rings. The number of nitrogens with two attached hydrogens (primary N) is 1. The van der Waals surface area contributed by atoms with E-state index in [1.807, 2.05) is 0 Å². The van der Waals surface area contributed by atoms with Crippen LogP contribution in [0, 0.1) is 5.41 Å². The van der Waals surface area contributed by atoms with Crippen molar-refractivity contribution < 1.29 is 4.74 Å². The van der Waals surface area contributed by atoms with Crippen molar-refractivity contribution in [2.75, 3.05) is 6.61 Å². The molecule has 1 aromatic carbocycles. The van der Waals surface area contributed by atoms with Crippen LogP contribution in [0.1, 0.15) is 62.6 Å². The quantitative estimate of drug-likeness (QED) is 0.872. The van der Waals surface area contributed by atoms with E-state index >= 15 is 0 Å². The molecule has 104 valence electrons. The fraction of sp³-hybridized carbons (Fsp3) is 0.647. The van der Waals surface area contributed by atoms with E-state index in [1.54, 1.807) is 0 Å². The fourth-order valence-electron chi connectivity index (χ4n) is 3.71. The Hall–Kier alpha value is -1.02. The summed E-state index contributed by atoms with van der Waals surface area (Å²) in [5.41, 5.74) is 9.48. The Morgan fingerprint density at radius 3 is 2.74 bits per heavy atom.